The number of carbonyl (C=O) groups is 1. The van der Waals surface area contributed by atoms with Crippen molar-refractivity contribution in [2.75, 3.05) is 12.4 Å². The first-order valence-electron chi connectivity index (χ1n) is 10.6. The monoisotopic (exact) mass is 426 g/mol. The van der Waals surface area contributed by atoms with Crippen molar-refractivity contribution in [3.63, 3.8) is 0 Å². The summed E-state index contributed by atoms with van der Waals surface area (Å²) in [5.41, 5.74) is 7.21. The SMILES string of the molecule is CCc1cccc(-c2cc(Nc3ccccc3C(=O)OC)n(-c3c(C)cncc3C)n2)c1. The standard InChI is InChI=1S/C26H26N4O2/c1-5-19-9-8-10-20(13-19)23-14-24(28-22-12-7-6-11-21(22)26(31)32-4)30(29-23)25-17(2)15-27-16-18(25)3/h6-16,28H,5H2,1-4H3. The van der Waals surface area contributed by atoms with Crippen LogP contribution < -0.4 is 5.32 Å². The third-order valence-corrected chi connectivity index (χ3v) is 5.43. The molecule has 0 saturated heterocycles. The van der Waals surface area contributed by atoms with Gasteiger partial charge in [-0.3, -0.25) is 4.98 Å². The van der Waals surface area contributed by atoms with E-state index in [1.54, 1.807) is 6.07 Å². The lowest BCUT2D eigenvalue weighted by Gasteiger charge is -2.15. The Morgan fingerprint density at radius 3 is 2.50 bits per heavy atom. The fourth-order valence-corrected chi connectivity index (χ4v) is 3.78. The third kappa shape index (κ3) is 4.12. The maximum Gasteiger partial charge on any atom is 0.339 e. The number of benzene rings is 2. The van der Waals surface area contributed by atoms with Crippen LogP contribution in [0.1, 0.15) is 34.0 Å². The molecule has 4 rings (SSSR count). The van der Waals surface area contributed by atoms with Gasteiger partial charge in [-0.15, -0.1) is 0 Å². The Kier molecular flexibility index (Phi) is 6.03. The second kappa shape index (κ2) is 9.06. The summed E-state index contributed by atoms with van der Waals surface area (Å²) in [4.78, 5) is 16.6. The van der Waals surface area contributed by atoms with Crippen LogP contribution in [0.25, 0.3) is 16.9 Å². The summed E-state index contributed by atoms with van der Waals surface area (Å²) in [7, 11) is 1.38. The number of methoxy groups -OCH3 is 1. The number of anilines is 2. The zero-order chi connectivity index (χ0) is 22.7. The molecular formula is C26H26N4O2. The van der Waals surface area contributed by atoms with E-state index < -0.39 is 5.97 Å². The molecule has 0 fully saturated rings. The van der Waals surface area contributed by atoms with Crippen LogP contribution in [-0.4, -0.2) is 27.8 Å². The van der Waals surface area contributed by atoms with Crippen molar-refractivity contribution in [1.29, 1.82) is 0 Å². The molecule has 0 aliphatic rings. The predicted octanol–water partition coefficient (Wildman–Crippen LogP) is 5.64. The Hall–Kier alpha value is -3.93. The number of pyridine rings is 1. The van der Waals surface area contributed by atoms with Crippen molar-refractivity contribution in [1.82, 2.24) is 14.8 Å². The highest BCUT2D eigenvalue weighted by molar-refractivity contribution is 5.96. The Balaban J connectivity index is 1.88. The minimum absolute atomic E-state index is 0.397. The summed E-state index contributed by atoms with van der Waals surface area (Å²) >= 11 is 0. The third-order valence-electron chi connectivity index (χ3n) is 5.43. The van der Waals surface area contributed by atoms with Crippen LogP contribution in [0, 0.1) is 13.8 Å². The van der Waals surface area contributed by atoms with Gasteiger partial charge in [0.05, 0.1) is 29.7 Å². The molecule has 1 N–H and O–H groups in total. The molecule has 4 aromatic rings. The number of hydrogen-bond acceptors (Lipinski definition) is 5. The summed E-state index contributed by atoms with van der Waals surface area (Å²) in [6.07, 6.45) is 4.61. The fraction of sp³-hybridized carbons (Fsp3) is 0.192. The van der Waals surface area contributed by atoms with Crippen LogP contribution in [0.15, 0.2) is 67.0 Å². The molecule has 0 saturated carbocycles. The average Bonchev–Trinajstić information content (AvgIpc) is 3.22. The van der Waals surface area contributed by atoms with Crippen molar-refractivity contribution in [2.45, 2.75) is 27.2 Å². The van der Waals surface area contributed by atoms with Crippen LogP contribution in [0.2, 0.25) is 0 Å². The number of aryl methyl sites for hydroxylation is 3. The van der Waals surface area contributed by atoms with Crippen LogP contribution in [0.5, 0.6) is 0 Å². The van der Waals surface area contributed by atoms with Gasteiger partial charge in [0.25, 0.3) is 0 Å². The van der Waals surface area contributed by atoms with Gasteiger partial charge < -0.3 is 10.1 Å². The minimum atomic E-state index is -0.397. The fourth-order valence-electron chi connectivity index (χ4n) is 3.78. The number of nitrogens with one attached hydrogen (secondary N) is 1. The second-order valence-electron chi connectivity index (χ2n) is 7.66. The maximum absolute atomic E-state index is 12.3. The van der Waals surface area contributed by atoms with E-state index in [0.29, 0.717) is 11.3 Å². The molecule has 2 aromatic carbocycles. The van der Waals surface area contributed by atoms with Gasteiger partial charge in [0.1, 0.15) is 5.82 Å². The van der Waals surface area contributed by atoms with Crippen molar-refractivity contribution in [3.05, 3.63) is 89.2 Å². The van der Waals surface area contributed by atoms with Gasteiger partial charge in [0.15, 0.2) is 0 Å². The lowest BCUT2D eigenvalue weighted by Crippen LogP contribution is -2.09. The lowest BCUT2D eigenvalue weighted by atomic mass is 10.1. The first-order valence-corrected chi connectivity index (χ1v) is 10.6. The molecule has 0 spiro atoms. The smallest absolute Gasteiger partial charge is 0.339 e. The molecule has 6 heteroatoms. The van der Waals surface area contributed by atoms with Gasteiger partial charge in [-0.2, -0.15) is 5.10 Å². The molecule has 32 heavy (non-hydrogen) atoms. The number of para-hydroxylation sites is 1. The number of hydrogen-bond donors (Lipinski definition) is 1. The normalized spacial score (nSPS) is 10.8. The zero-order valence-electron chi connectivity index (χ0n) is 18.7. The lowest BCUT2D eigenvalue weighted by molar-refractivity contribution is 0.0602. The molecule has 0 aliphatic carbocycles. The van der Waals surface area contributed by atoms with E-state index in [2.05, 4.69) is 41.5 Å². The van der Waals surface area contributed by atoms with E-state index in [4.69, 9.17) is 9.84 Å². The molecule has 0 amide bonds. The Bertz CT molecular complexity index is 1260. The van der Waals surface area contributed by atoms with Crippen LogP contribution >= 0.6 is 0 Å². The zero-order valence-corrected chi connectivity index (χ0v) is 18.7. The summed E-state index contributed by atoms with van der Waals surface area (Å²) in [6, 6.07) is 17.7. The van der Waals surface area contributed by atoms with Gasteiger partial charge in [0.2, 0.25) is 0 Å². The van der Waals surface area contributed by atoms with Crippen molar-refractivity contribution < 1.29 is 9.53 Å². The topological polar surface area (TPSA) is 69.0 Å². The van der Waals surface area contributed by atoms with Crippen LogP contribution in [0.3, 0.4) is 0 Å². The summed E-state index contributed by atoms with van der Waals surface area (Å²) in [5.74, 6) is 0.349. The summed E-state index contributed by atoms with van der Waals surface area (Å²) < 4.78 is 6.84. The Morgan fingerprint density at radius 1 is 1.03 bits per heavy atom. The van der Waals surface area contributed by atoms with Crippen LogP contribution in [0.4, 0.5) is 11.5 Å². The van der Waals surface area contributed by atoms with Gasteiger partial charge in [-0.25, -0.2) is 9.48 Å². The molecule has 162 valence electrons. The highest BCUT2D eigenvalue weighted by atomic mass is 16.5. The van der Waals surface area contributed by atoms with Gasteiger partial charge in [0, 0.05) is 24.0 Å². The highest BCUT2D eigenvalue weighted by Gasteiger charge is 2.18. The van der Waals surface area contributed by atoms with Gasteiger partial charge in [-0.05, 0) is 55.2 Å². The Labute approximate surface area is 187 Å². The molecule has 6 nitrogen and oxygen atoms in total. The molecule has 2 aromatic heterocycles. The minimum Gasteiger partial charge on any atom is -0.465 e. The molecule has 0 unspecified atom stereocenters. The van der Waals surface area contributed by atoms with Crippen molar-refractivity contribution >= 4 is 17.5 Å². The molecule has 0 aliphatic heterocycles. The molecule has 0 bridgehead atoms. The van der Waals surface area contributed by atoms with E-state index in [-0.39, 0.29) is 0 Å². The second-order valence-corrected chi connectivity index (χ2v) is 7.66. The first kappa shape index (κ1) is 21.3. The van der Waals surface area contributed by atoms with Crippen molar-refractivity contribution in [3.8, 4) is 16.9 Å². The first-order chi connectivity index (χ1) is 15.5. The summed E-state index contributed by atoms with van der Waals surface area (Å²) in [5, 5.41) is 8.36. The summed E-state index contributed by atoms with van der Waals surface area (Å²) in [6.45, 7) is 6.17. The Morgan fingerprint density at radius 2 is 1.78 bits per heavy atom. The predicted molar refractivity (Wildman–Crippen MR) is 127 cm³/mol. The van der Waals surface area contributed by atoms with Crippen LogP contribution in [-0.2, 0) is 11.2 Å². The molecule has 0 radical (unpaired) electrons. The number of rotatable bonds is 6. The largest absolute Gasteiger partial charge is 0.465 e. The quantitative estimate of drug-likeness (QED) is 0.404. The van der Waals surface area contributed by atoms with E-state index in [1.807, 2.05) is 55.2 Å². The van der Waals surface area contributed by atoms with E-state index in [0.717, 1.165) is 40.3 Å². The van der Waals surface area contributed by atoms with E-state index >= 15 is 0 Å². The average molecular weight is 427 g/mol. The number of ether oxygens (including phenoxy) is 1. The van der Waals surface area contributed by atoms with Crippen molar-refractivity contribution in [2.24, 2.45) is 0 Å². The van der Waals surface area contributed by atoms with E-state index in [1.165, 1.54) is 12.7 Å². The van der Waals surface area contributed by atoms with Gasteiger partial charge >= 0.3 is 5.97 Å². The number of aromatic nitrogens is 3. The molecule has 0 atom stereocenters. The van der Waals surface area contributed by atoms with E-state index in [9.17, 15) is 4.79 Å². The number of carbonyl (C=O) groups excluding carboxylic acids is 1. The highest BCUT2D eigenvalue weighted by Crippen LogP contribution is 2.31. The molecule has 2 heterocycles. The maximum atomic E-state index is 12.3. The van der Waals surface area contributed by atoms with Gasteiger partial charge in [-0.1, -0.05) is 37.3 Å². The number of nitrogens with zero attached hydrogens (tertiary/aromatic N) is 3. The number of esters is 1. The molecular weight excluding hydrogens is 400 g/mol.